The van der Waals surface area contributed by atoms with Gasteiger partial charge in [-0.2, -0.15) is 11.3 Å². The van der Waals surface area contributed by atoms with Gasteiger partial charge in [-0.05, 0) is 30.2 Å². The minimum atomic E-state index is -0.541. The number of thiophene rings is 1. The van der Waals surface area contributed by atoms with Gasteiger partial charge in [-0.3, -0.25) is 4.79 Å². The number of nitrogens with zero attached hydrogens (tertiary/aromatic N) is 2. The van der Waals surface area contributed by atoms with Gasteiger partial charge in [-0.15, -0.1) is 11.3 Å². The third kappa shape index (κ3) is 3.97. The molecule has 122 valence electrons. The van der Waals surface area contributed by atoms with Gasteiger partial charge in [0.15, 0.2) is 12.3 Å². The summed E-state index contributed by atoms with van der Waals surface area (Å²) in [6.07, 6.45) is 2.16. The minimum Gasteiger partial charge on any atom is -0.451 e. The Morgan fingerprint density at radius 1 is 1.43 bits per heavy atom. The molecule has 2 aromatic heterocycles. The predicted octanol–water partition coefficient (Wildman–Crippen LogP) is 3.29. The maximum absolute atomic E-state index is 12.1. The van der Waals surface area contributed by atoms with Crippen molar-refractivity contribution in [2.45, 2.75) is 19.8 Å². The maximum atomic E-state index is 12.1. The quantitative estimate of drug-likeness (QED) is 0.794. The number of piperidine rings is 1. The highest BCUT2D eigenvalue weighted by molar-refractivity contribution is 7.14. The number of ether oxygens (including phenoxy) is 1. The van der Waals surface area contributed by atoms with E-state index in [0.29, 0.717) is 5.92 Å². The summed E-state index contributed by atoms with van der Waals surface area (Å²) in [6, 6.07) is 1.96. The molecule has 1 unspecified atom stereocenters. The van der Waals surface area contributed by atoms with Crippen molar-refractivity contribution in [2.24, 2.45) is 5.92 Å². The van der Waals surface area contributed by atoms with Crippen molar-refractivity contribution in [1.82, 2.24) is 9.88 Å². The average Bonchev–Trinajstić information content (AvgIpc) is 3.22. The van der Waals surface area contributed by atoms with Crippen LogP contribution in [0.3, 0.4) is 0 Å². The van der Waals surface area contributed by atoms with Crippen molar-refractivity contribution >= 4 is 34.6 Å². The molecule has 0 spiro atoms. The summed E-state index contributed by atoms with van der Waals surface area (Å²) in [4.78, 5) is 30.2. The zero-order chi connectivity index (χ0) is 16.2. The molecule has 0 aliphatic carbocycles. The molecule has 0 saturated carbocycles. The van der Waals surface area contributed by atoms with E-state index in [4.69, 9.17) is 4.74 Å². The Morgan fingerprint density at radius 2 is 2.30 bits per heavy atom. The Balaban J connectivity index is 1.54. The van der Waals surface area contributed by atoms with Crippen LogP contribution >= 0.6 is 22.7 Å². The van der Waals surface area contributed by atoms with Crippen molar-refractivity contribution in [3.8, 4) is 10.6 Å². The van der Waals surface area contributed by atoms with Gasteiger partial charge >= 0.3 is 5.97 Å². The number of rotatable bonds is 4. The Hall–Kier alpha value is -1.73. The number of hydrogen-bond acceptors (Lipinski definition) is 6. The second kappa shape index (κ2) is 7.23. The number of carbonyl (C=O) groups excluding carboxylic acids is 2. The molecule has 1 fully saturated rings. The number of carbonyl (C=O) groups is 2. The highest BCUT2D eigenvalue weighted by Gasteiger charge is 2.22. The van der Waals surface area contributed by atoms with Crippen LogP contribution in [0.25, 0.3) is 10.6 Å². The molecular weight excluding hydrogens is 332 g/mol. The van der Waals surface area contributed by atoms with Crippen LogP contribution < -0.4 is 0 Å². The summed E-state index contributed by atoms with van der Waals surface area (Å²) in [6.45, 7) is 3.42. The van der Waals surface area contributed by atoms with Gasteiger partial charge in [0, 0.05) is 29.4 Å². The van der Waals surface area contributed by atoms with Gasteiger partial charge < -0.3 is 9.64 Å². The smallest absolute Gasteiger partial charge is 0.358 e. The Kier molecular flexibility index (Phi) is 5.07. The molecule has 1 aliphatic heterocycles. The second-order valence-electron chi connectivity index (χ2n) is 5.71. The molecular formula is C16H18N2O3S2. The molecule has 0 N–H and O–H groups in total. The highest BCUT2D eigenvalue weighted by atomic mass is 32.1. The molecule has 1 aliphatic rings. The van der Waals surface area contributed by atoms with E-state index in [2.05, 4.69) is 11.9 Å². The Labute approximate surface area is 142 Å². The molecule has 1 atom stereocenters. The zero-order valence-electron chi connectivity index (χ0n) is 12.9. The average molecular weight is 350 g/mol. The lowest BCUT2D eigenvalue weighted by molar-refractivity contribution is -0.136. The molecule has 1 saturated heterocycles. The van der Waals surface area contributed by atoms with Crippen LogP contribution in [0.1, 0.15) is 30.3 Å². The van der Waals surface area contributed by atoms with Gasteiger partial charge in [0.25, 0.3) is 5.91 Å². The summed E-state index contributed by atoms with van der Waals surface area (Å²) in [5, 5.41) is 6.40. The number of amides is 1. The van der Waals surface area contributed by atoms with Crippen LogP contribution in [0.5, 0.6) is 0 Å². The number of esters is 1. The number of aromatic nitrogens is 1. The van der Waals surface area contributed by atoms with Crippen LogP contribution in [-0.4, -0.2) is 41.5 Å². The van der Waals surface area contributed by atoms with E-state index in [1.54, 1.807) is 21.6 Å². The fourth-order valence-electron chi connectivity index (χ4n) is 2.59. The summed E-state index contributed by atoms with van der Waals surface area (Å²) in [7, 11) is 0. The van der Waals surface area contributed by atoms with Gasteiger partial charge in [0.2, 0.25) is 0 Å². The molecule has 1 amide bonds. The fraction of sp³-hybridized carbons (Fsp3) is 0.438. The van der Waals surface area contributed by atoms with Crippen LogP contribution in [0, 0.1) is 5.92 Å². The van der Waals surface area contributed by atoms with Crippen molar-refractivity contribution in [3.05, 3.63) is 27.9 Å². The predicted molar refractivity (Wildman–Crippen MR) is 90.7 cm³/mol. The van der Waals surface area contributed by atoms with Gasteiger partial charge in [-0.1, -0.05) is 6.92 Å². The van der Waals surface area contributed by atoms with Crippen LogP contribution in [-0.2, 0) is 9.53 Å². The Morgan fingerprint density at radius 3 is 3.04 bits per heavy atom. The topological polar surface area (TPSA) is 59.5 Å². The Bertz CT molecular complexity index is 681. The molecule has 0 radical (unpaired) electrons. The maximum Gasteiger partial charge on any atom is 0.358 e. The summed E-state index contributed by atoms with van der Waals surface area (Å²) in [5.74, 6) is -0.158. The molecule has 2 aromatic rings. The van der Waals surface area contributed by atoms with Crippen molar-refractivity contribution in [2.75, 3.05) is 19.7 Å². The molecule has 0 aromatic carbocycles. The minimum absolute atomic E-state index is 0.127. The molecule has 7 heteroatoms. The number of hydrogen-bond donors (Lipinski definition) is 0. The largest absolute Gasteiger partial charge is 0.451 e. The fourth-order valence-corrected chi connectivity index (χ4v) is 4.10. The monoisotopic (exact) mass is 350 g/mol. The number of likely N-dealkylation sites (tertiary alicyclic amines) is 1. The summed E-state index contributed by atoms with van der Waals surface area (Å²) in [5.41, 5.74) is 1.26. The SMILES string of the molecule is CC1CCCN(C(=O)COC(=O)c2csc(-c3ccsc3)n2)C1. The summed E-state index contributed by atoms with van der Waals surface area (Å²) >= 11 is 2.98. The van der Waals surface area contributed by atoms with Gasteiger partial charge in [0.05, 0.1) is 0 Å². The normalized spacial score (nSPS) is 18.0. The van der Waals surface area contributed by atoms with E-state index < -0.39 is 5.97 Å². The van der Waals surface area contributed by atoms with E-state index in [1.807, 2.05) is 16.8 Å². The van der Waals surface area contributed by atoms with Gasteiger partial charge in [0.1, 0.15) is 5.01 Å². The first-order valence-corrected chi connectivity index (χ1v) is 9.38. The van der Waals surface area contributed by atoms with Crippen LogP contribution in [0.4, 0.5) is 0 Å². The lowest BCUT2D eigenvalue weighted by Crippen LogP contribution is -2.41. The standard InChI is InChI=1S/C16H18N2O3S2/c1-11-3-2-5-18(7-11)14(19)8-21-16(20)13-10-23-15(17-13)12-4-6-22-9-12/h4,6,9-11H,2-3,5,7-8H2,1H3. The lowest BCUT2D eigenvalue weighted by Gasteiger charge is -2.30. The molecule has 3 rings (SSSR count). The van der Waals surface area contributed by atoms with Crippen molar-refractivity contribution in [1.29, 1.82) is 0 Å². The zero-order valence-corrected chi connectivity index (χ0v) is 14.5. The third-order valence-corrected chi connectivity index (χ3v) is 5.39. The highest BCUT2D eigenvalue weighted by Crippen LogP contribution is 2.26. The van der Waals surface area contributed by atoms with E-state index in [9.17, 15) is 9.59 Å². The first kappa shape index (κ1) is 16.1. The molecule has 0 bridgehead atoms. The van der Waals surface area contributed by atoms with Crippen LogP contribution in [0.2, 0.25) is 0 Å². The molecule has 23 heavy (non-hydrogen) atoms. The van der Waals surface area contributed by atoms with Crippen molar-refractivity contribution in [3.63, 3.8) is 0 Å². The van der Waals surface area contributed by atoms with E-state index in [0.717, 1.165) is 36.5 Å². The molecule has 5 nitrogen and oxygen atoms in total. The van der Waals surface area contributed by atoms with E-state index in [1.165, 1.54) is 11.3 Å². The summed E-state index contributed by atoms with van der Waals surface area (Å²) < 4.78 is 5.13. The first-order chi connectivity index (χ1) is 11.1. The van der Waals surface area contributed by atoms with E-state index in [-0.39, 0.29) is 18.2 Å². The second-order valence-corrected chi connectivity index (χ2v) is 7.35. The van der Waals surface area contributed by atoms with Crippen LogP contribution in [0.15, 0.2) is 22.2 Å². The van der Waals surface area contributed by atoms with E-state index >= 15 is 0 Å². The third-order valence-electron chi connectivity index (χ3n) is 3.82. The van der Waals surface area contributed by atoms with Crippen molar-refractivity contribution < 1.29 is 14.3 Å². The number of thiazole rings is 1. The first-order valence-electron chi connectivity index (χ1n) is 7.56. The molecule has 3 heterocycles. The lowest BCUT2D eigenvalue weighted by atomic mass is 10.0. The van der Waals surface area contributed by atoms with Gasteiger partial charge in [-0.25, -0.2) is 9.78 Å².